The lowest BCUT2D eigenvalue weighted by molar-refractivity contribution is 0.0700. The summed E-state index contributed by atoms with van der Waals surface area (Å²) < 4.78 is 0. The minimum Gasteiger partial charge on any atom is -0.477 e. The zero-order chi connectivity index (χ0) is 14.4. The van der Waals surface area contributed by atoms with Crippen LogP contribution in [0.3, 0.4) is 0 Å². The van der Waals surface area contributed by atoms with Crippen molar-refractivity contribution < 1.29 is 9.90 Å². The van der Waals surface area contributed by atoms with E-state index in [4.69, 9.17) is 0 Å². The molecule has 0 fully saturated rings. The molecule has 1 N–H and O–H groups in total. The molecule has 0 aliphatic rings. The minimum absolute atomic E-state index is 0.114. The van der Waals surface area contributed by atoms with Crippen molar-refractivity contribution in [2.45, 2.75) is 26.3 Å². The van der Waals surface area contributed by atoms with E-state index in [0.29, 0.717) is 17.1 Å². The second-order valence-electron chi connectivity index (χ2n) is 4.55. The van der Waals surface area contributed by atoms with E-state index in [9.17, 15) is 9.90 Å². The van der Waals surface area contributed by atoms with Gasteiger partial charge in [0.1, 0.15) is 9.88 Å². The van der Waals surface area contributed by atoms with Crippen molar-refractivity contribution in [3.05, 3.63) is 40.9 Å². The molecule has 0 spiro atoms. The highest BCUT2D eigenvalue weighted by Gasteiger charge is 2.20. The van der Waals surface area contributed by atoms with Crippen molar-refractivity contribution in [3.63, 3.8) is 0 Å². The molecule has 0 unspecified atom stereocenters. The molecular formula is C14H20N2O2S. The lowest BCUT2D eigenvalue weighted by Crippen LogP contribution is -2.23. The Labute approximate surface area is 118 Å². The van der Waals surface area contributed by atoms with E-state index in [-0.39, 0.29) is 5.92 Å². The van der Waals surface area contributed by atoms with Gasteiger partial charge < -0.3 is 5.11 Å². The van der Waals surface area contributed by atoms with Crippen molar-refractivity contribution in [2.75, 3.05) is 13.1 Å². The highest BCUT2D eigenvalue weighted by Crippen LogP contribution is 2.26. The molecule has 0 aromatic carbocycles. The monoisotopic (exact) mass is 280 g/mol. The minimum atomic E-state index is -0.897. The number of aromatic nitrogens is 1. The Morgan fingerprint density at radius 1 is 1.42 bits per heavy atom. The van der Waals surface area contributed by atoms with Crippen LogP contribution in [0, 0.1) is 0 Å². The summed E-state index contributed by atoms with van der Waals surface area (Å²) in [4.78, 5) is 18.1. The summed E-state index contributed by atoms with van der Waals surface area (Å²) in [7, 11) is 0. The lowest BCUT2D eigenvalue weighted by atomic mass is 10.1. The number of hydrogen-bond donors (Lipinski definition) is 1. The van der Waals surface area contributed by atoms with Crippen LogP contribution in [0.1, 0.15) is 40.1 Å². The molecule has 0 saturated heterocycles. The SMILES string of the molecule is C=CCN(CC=C)Cc1nc(C(C)C)c(C(=O)O)s1. The molecule has 104 valence electrons. The Balaban J connectivity index is 2.94. The fourth-order valence-corrected chi connectivity index (χ4v) is 2.85. The highest BCUT2D eigenvalue weighted by atomic mass is 32.1. The number of hydrogen-bond acceptors (Lipinski definition) is 4. The predicted molar refractivity (Wildman–Crippen MR) is 78.8 cm³/mol. The molecule has 4 nitrogen and oxygen atoms in total. The fourth-order valence-electron chi connectivity index (χ4n) is 1.75. The standard InChI is InChI=1S/C14H20N2O2S/c1-5-7-16(8-6-2)9-11-15-12(10(3)4)13(19-11)14(17)18/h5-6,10H,1-2,7-9H2,3-4H3,(H,17,18). The average Bonchev–Trinajstić information content (AvgIpc) is 2.74. The Hall–Kier alpha value is -1.46. The Morgan fingerprint density at radius 2 is 2.00 bits per heavy atom. The number of carboxylic acids is 1. The zero-order valence-electron chi connectivity index (χ0n) is 11.4. The molecule has 0 aliphatic carbocycles. The van der Waals surface area contributed by atoms with Gasteiger partial charge in [0.2, 0.25) is 0 Å². The van der Waals surface area contributed by atoms with Crippen molar-refractivity contribution >= 4 is 17.3 Å². The van der Waals surface area contributed by atoms with Crippen LogP contribution in [0.5, 0.6) is 0 Å². The third-order valence-electron chi connectivity index (χ3n) is 2.57. The van der Waals surface area contributed by atoms with Crippen LogP contribution < -0.4 is 0 Å². The topological polar surface area (TPSA) is 53.4 Å². The summed E-state index contributed by atoms with van der Waals surface area (Å²) >= 11 is 1.26. The maximum atomic E-state index is 11.2. The van der Waals surface area contributed by atoms with E-state index >= 15 is 0 Å². The quantitative estimate of drug-likeness (QED) is 0.743. The normalized spacial score (nSPS) is 10.9. The van der Waals surface area contributed by atoms with Gasteiger partial charge in [0.05, 0.1) is 12.2 Å². The second kappa shape index (κ2) is 7.21. The summed E-state index contributed by atoms with van der Waals surface area (Å²) in [5.74, 6) is -0.783. The van der Waals surface area contributed by atoms with E-state index in [2.05, 4.69) is 23.0 Å². The van der Waals surface area contributed by atoms with Crippen molar-refractivity contribution in [1.82, 2.24) is 9.88 Å². The molecule has 1 heterocycles. The first-order valence-electron chi connectivity index (χ1n) is 6.16. The first kappa shape index (κ1) is 15.6. The molecular weight excluding hydrogens is 260 g/mol. The summed E-state index contributed by atoms with van der Waals surface area (Å²) in [6, 6.07) is 0. The number of carbonyl (C=O) groups is 1. The highest BCUT2D eigenvalue weighted by molar-refractivity contribution is 7.13. The van der Waals surface area contributed by atoms with Gasteiger partial charge in [-0.15, -0.1) is 24.5 Å². The summed E-state index contributed by atoms with van der Waals surface area (Å²) in [6.07, 6.45) is 3.64. The average molecular weight is 280 g/mol. The molecule has 19 heavy (non-hydrogen) atoms. The smallest absolute Gasteiger partial charge is 0.347 e. The maximum Gasteiger partial charge on any atom is 0.347 e. The molecule has 1 aromatic heterocycles. The van der Waals surface area contributed by atoms with E-state index < -0.39 is 5.97 Å². The van der Waals surface area contributed by atoms with Gasteiger partial charge in [0, 0.05) is 13.1 Å². The molecule has 1 aromatic rings. The molecule has 0 bridgehead atoms. The van der Waals surface area contributed by atoms with Gasteiger partial charge in [-0.05, 0) is 5.92 Å². The number of nitrogens with zero attached hydrogens (tertiary/aromatic N) is 2. The van der Waals surface area contributed by atoms with Crippen LogP contribution in [0.4, 0.5) is 0 Å². The van der Waals surface area contributed by atoms with Crippen LogP contribution in [0.2, 0.25) is 0 Å². The van der Waals surface area contributed by atoms with Crippen molar-refractivity contribution in [3.8, 4) is 0 Å². The predicted octanol–water partition coefficient (Wildman–Crippen LogP) is 3.14. The van der Waals surface area contributed by atoms with Gasteiger partial charge in [0.15, 0.2) is 0 Å². The van der Waals surface area contributed by atoms with Crippen LogP contribution in [-0.2, 0) is 6.54 Å². The lowest BCUT2D eigenvalue weighted by Gasteiger charge is -2.16. The zero-order valence-corrected chi connectivity index (χ0v) is 12.2. The number of carboxylic acid groups (broad SMARTS) is 1. The summed E-state index contributed by atoms with van der Waals surface area (Å²) in [5.41, 5.74) is 0.671. The van der Waals surface area contributed by atoms with E-state index in [0.717, 1.165) is 18.1 Å². The van der Waals surface area contributed by atoms with Crippen LogP contribution in [0.25, 0.3) is 0 Å². The van der Waals surface area contributed by atoms with E-state index in [1.165, 1.54) is 11.3 Å². The largest absolute Gasteiger partial charge is 0.477 e. The number of rotatable bonds is 8. The van der Waals surface area contributed by atoms with Crippen LogP contribution in [0.15, 0.2) is 25.3 Å². The molecule has 5 heteroatoms. The molecule has 1 rings (SSSR count). The first-order valence-corrected chi connectivity index (χ1v) is 6.98. The van der Waals surface area contributed by atoms with Gasteiger partial charge in [-0.1, -0.05) is 26.0 Å². The molecule has 0 atom stereocenters. The Bertz CT molecular complexity index is 456. The van der Waals surface area contributed by atoms with Gasteiger partial charge >= 0.3 is 5.97 Å². The Kier molecular flexibility index (Phi) is 5.92. The molecule has 0 radical (unpaired) electrons. The van der Waals surface area contributed by atoms with Crippen molar-refractivity contribution in [2.24, 2.45) is 0 Å². The number of thiazole rings is 1. The second-order valence-corrected chi connectivity index (χ2v) is 5.64. The Morgan fingerprint density at radius 3 is 2.37 bits per heavy atom. The van der Waals surface area contributed by atoms with Crippen molar-refractivity contribution in [1.29, 1.82) is 0 Å². The summed E-state index contributed by atoms with van der Waals surface area (Å²) in [5, 5.41) is 10.0. The number of aromatic carboxylic acids is 1. The van der Waals surface area contributed by atoms with Gasteiger partial charge in [-0.25, -0.2) is 9.78 Å². The third-order valence-corrected chi connectivity index (χ3v) is 3.62. The third kappa shape index (κ3) is 4.29. The van der Waals surface area contributed by atoms with Gasteiger partial charge in [-0.2, -0.15) is 0 Å². The molecule has 0 aliphatic heterocycles. The molecule has 0 saturated carbocycles. The fraction of sp³-hybridized carbons (Fsp3) is 0.429. The first-order chi connectivity index (χ1) is 8.99. The summed E-state index contributed by atoms with van der Waals surface area (Å²) in [6.45, 7) is 13.4. The molecule has 0 amide bonds. The maximum absolute atomic E-state index is 11.2. The van der Waals surface area contributed by atoms with E-state index in [1.54, 1.807) is 0 Å². The van der Waals surface area contributed by atoms with Crippen LogP contribution >= 0.6 is 11.3 Å². The van der Waals surface area contributed by atoms with E-state index in [1.807, 2.05) is 26.0 Å². The van der Waals surface area contributed by atoms with Crippen LogP contribution in [-0.4, -0.2) is 34.0 Å². The van der Waals surface area contributed by atoms with Gasteiger partial charge in [-0.3, -0.25) is 4.90 Å². The van der Waals surface area contributed by atoms with Gasteiger partial charge in [0.25, 0.3) is 0 Å².